The van der Waals surface area contributed by atoms with Crippen molar-refractivity contribution in [3.8, 4) is 17.6 Å². The number of hydrazine groups is 1. The van der Waals surface area contributed by atoms with E-state index >= 15 is 0 Å². The van der Waals surface area contributed by atoms with Gasteiger partial charge in [0, 0.05) is 6.07 Å². The third-order valence-electron chi connectivity index (χ3n) is 4.78. The van der Waals surface area contributed by atoms with Crippen molar-refractivity contribution in [3.63, 3.8) is 0 Å². The molecular formula is C21H20N4O5. The lowest BCUT2D eigenvalue weighted by molar-refractivity contribution is -0.140. The van der Waals surface area contributed by atoms with E-state index in [0.29, 0.717) is 22.6 Å². The predicted molar refractivity (Wildman–Crippen MR) is 105 cm³/mol. The van der Waals surface area contributed by atoms with Crippen LogP contribution in [-0.2, 0) is 15.1 Å². The second-order valence-electron chi connectivity index (χ2n) is 6.50. The summed E-state index contributed by atoms with van der Waals surface area (Å²) in [5, 5.41) is 12.3. The van der Waals surface area contributed by atoms with Crippen LogP contribution >= 0.6 is 0 Å². The first-order valence-corrected chi connectivity index (χ1v) is 9.17. The second kappa shape index (κ2) is 8.53. The fourth-order valence-corrected chi connectivity index (χ4v) is 3.20. The quantitative estimate of drug-likeness (QED) is 0.675. The Kier molecular flexibility index (Phi) is 5.88. The highest BCUT2D eigenvalue weighted by molar-refractivity contribution is 6.08. The summed E-state index contributed by atoms with van der Waals surface area (Å²) in [6.07, 6.45) is 0.312. The highest BCUT2D eigenvalue weighted by atomic mass is 16.5. The molecule has 1 heterocycles. The second-order valence-corrected chi connectivity index (χ2v) is 6.50. The van der Waals surface area contributed by atoms with E-state index in [2.05, 4.69) is 10.7 Å². The molecule has 2 aromatic rings. The first-order valence-electron chi connectivity index (χ1n) is 9.17. The molecule has 154 valence electrons. The Morgan fingerprint density at radius 1 is 1.20 bits per heavy atom. The summed E-state index contributed by atoms with van der Waals surface area (Å²) in [7, 11) is 1.41. The minimum absolute atomic E-state index is 0.246. The maximum absolute atomic E-state index is 13.0. The Balaban J connectivity index is 1.69. The van der Waals surface area contributed by atoms with Crippen LogP contribution in [0.3, 0.4) is 0 Å². The average molecular weight is 408 g/mol. The lowest BCUT2D eigenvalue weighted by Gasteiger charge is -2.25. The van der Waals surface area contributed by atoms with Gasteiger partial charge in [-0.25, -0.2) is 4.79 Å². The van der Waals surface area contributed by atoms with Crippen molar-refractivity contribution in [2.45, 2.75) is 18.9 Å². The van der Waals surface area contributed by atoms with Crippen molar-refractivity contribution in [3.05, 3.63) is 59.7 Å². The maximum atomic E-state index is 13.0. The number of ether oxygens (including phenoxy) is 2. The Morgan fingerprint density at radius 2 is 1.93 bits per heavy atom. The molecule has 0 radical (unpaired) electrons. The number of nitrogens with zero attached hydrogens (tertiary/aromatic N) is 2. The van der Waals surface area contributed by atoms with E-state index in [0.717, 1.165) is 0 Å². The van der Waals surface area contributed by atoms with Crippen LogP contribution in [0.4, 0.5) is 4.79 Å². The number of benzene rings is 2. The summed E-state index contributed by atoms with van der Waals surface area (Å²) < 4.78 is 10.6. The van der Waals surface area contributed by atoms with Gasteiger partial charge in [-0.2, -0.15) is 10.3 Å². The van der Waals surface area contributed by atoms with E-state index in [1.165, 1.54) is 25.3 Å². The van der Waals surface area contributed by atoms with Gasteiger partial charge in [0.25, 0.3) is 11.8 Å². The number of carbonyl (C=O) groups excluding carboxylic acids is 3. The zero-order chi connectivity index (χ0) is 21.7. The molecule has 0 bridgehead atoms. The molecule has 1 fully saturated rings. The zero-order valence-corrected chi connectivity index (χ0v) is 16.5. The van der Waals surface area contributed by atoms with Crippen LogP contribution in [0.2, 0.25) is 0 Å². The molecule has 1 saturated heterocycles. The van der Waals surface area contributed by atoms with Gasteiger partial charge in [-0.3, -0.25) is 15.0 Å². The van der Waals surface area contributed by atoms with Crippen LogP contribution in [0.25, 0.3) is 0 Å². The van der Waals surface area contributed by atoms with Crippen LogP contribution in [0, 0.1) is 11.3 Å². The summed E-state index contributed by atoms with van der Waals surface area (Å²) in [6, 6.07) is 14.6. The molecule has 1 aliphatic heterocycles. The fraction of sp³-hybridized carbons (Fsp3) is 0.238. The molecule has 0 unspecified atom stereocenters. The molecule has 2 aromatic carbocycles. The molecule has 0 aliphatic carbocycles. The van der Waals surface area contributed by atoms with Gasteiger partial charge in [0.1, 0.15) is 5.54 Å². The van der Waals surface area contributed by atoms with Gasteiger partial charge < -0.3 is 14.8 Å². The molecule has 1 atom stereocenters. The first-order chi connectivity index (χ1) is 14.4. The number of amides is 4. The van der Waals surface area contributed by atoms with Crippen molar-refractivity contribution in [2.75, 3.05) is 13.7 Å². The minimum Gasteiger partial charge on any atom is -0.493 e. The van der Waals surface area contributed by atoms with Crippen molar-refractivity contribution in [1.82, 2.24) is 15.8 Å². The van der Waals surface area contributed by atoms with Gasteiger partial charge in [-0.05, 0) is 24.1 Å². The Morgan fingerprint density at radius 3 is 2.57 bits per heavy atom. The number of imide groups is 1. The monoisotopic (exact) mass is 408 g/mol. The van der Waals surface area contributed by atoms with E-state index in [1.54, 1.807) is 31.2 Å². The molecule has 2 N–H and O–H groups in total. The van der Waals surface area contributed by atoms with Gasteiger partial charge in [-0.15, -0.1) is 0 Å². The minimum atomic E-state index is -1.25. The number of rotatable bonds is 7. The number of nitrogens with one attached hydrogen (secondary N) is 2. The van der Waals surface area contributed by atoms with Crippen LogP contribution < -0.4 is 20.2 Å². The highest BCUT2D eigenvalue weighted by Gasteiger charge is 2.52. The third-order valence-corrected chi connectivity index (χ3v) is 4.78. The molecular weight excluding hydrogens is 388 g/mol. The number of hydrogen-bond acceptors (Lipinski definition) is 6. The highest BCUT2D eigenvalue weighted by Crippen LogP contribution is 2.31. The van der Waals surface area contributed by atoms with E-state index < -0.39 is 30.0 Å². The number of methoxy groups -OCH3 is 1. The molecule has 0 saturated carbocycles. The molecule has 9 heteroatoms. The molecule has 1 aliphatic rings. The molecule has 9 nitrogen and oxygen atoms in total. The molecule has 4 amide bonds. The summed E-state index contributed by atoms with van der Waals surface area (Å²) in [5.41, 5.74) is 2.04. The summed E-state index contributed by atoms with van der Waals surface area (Å²) in [6.45, 7) is 1.31. The van der Waals surface area contributed by atoms with E-state index in [-0.39, 0.29) is 11.5 Å². The lowest BCUT2D eigenvalue weighted by Crippen LogP contribution is -2.49. The predicted octanol–water partition coefficient (Wildman–Crippen LogP) is 1.83. The molecule has 3 rings (SSSR count). The number of hydrogen-bond donors (Lipinski definition) is 2. The maximum Gasteiger partial charge on any atom is 0.344 e. The Hall–Kier alpha value is -4.06. The zero-order valence-electron chi connectivity index (χ0n) is 16.5. The number of urea groups is 1. The summed E-state index contributed by atoms with van der Waals surface area (Å²) in [5.74, 6) is -0.752. The van der Waals surface area contributed by atoms with Crippen molar-refractivity contribution in [1.29, 1.82) is 5.26 Å². The lowest BCUT2D eigenvalue weighted by atomic mass is 9.87. The van der Waals surface area contributed by atoms with Gasteiger partial charge in [0.2, 0.25) is 0 Å². The number of carbonyl (C=O) groups is 3. The van der Waals surface area contributed by atoms with Gasteiger partial charge in [0.15, 0.2) is 18.1 Å². The van der Waals surface area contributed by atoms with Crippen LogP contribution in [0.5, 0.6) is 11.5 Å². The van der Waals surface area contributed by atoms with Gasteiger partial charge >= 0.3 is 6.03 Å². The largest absolute Gasteiger partial charge is 0.493 e. The smallest absolute Gasteiger partial charge is 0.344 e. The molecule has 0 spiro atoms. The molecule has 0 aromatic heterocycles. The third kappa shape index (κ3) is 3.75. The van der Waals surface area contributed by atoms with E-state index in [4.69, 9.17) is 14.7 Å². The standard InChI is InChI=1S/C21H20N4O5/c1-3-21(15-7-5-4-6-8-15)19(27)25(20(28)23-21)24-18(26)13-30-16-10-9-14(12-22)11-17(16)29-2/h4-11H,3,13H2,1-2H3,(H,23,28)(H,24,26)/t21-/m1/s1. The van der Waals surface area contributed by atoms with E-state index in [9.17, 15) is 14.4 Å². The molecule has 30 heavy (non-hydrogen) atoms. The van der Waals surface area contributed by atoms with Gasteiger partial charge in [0.05, 0.1) is 18.7 Å². The first kappa shape index (κ1) is 20.7. The Bertz CT molecular complexity index is 1020. The van der Waals surface area contributed by atoms with Gasteiger partial charge in [-0.1, -0.05) is 37.3 Å². The topological polar surface area (TPSA) is 121 Å². The normalized spacial score (nSPS) is 17.8. The average Bonchev–Trinajstić information content (AvgIpc) is 3.03. The van der Waals surface area contributed by atoms with Crippen LogP contribution in [0.1, 0.15) is 24.5 Å². The number of nitriles is 1. The van der Waals surface area contributed by atoms with Crippen molar-refractivity contribution >= 4 is 17.8 Å². The SMILES string of the molecule is CC[C@]1(c2ccccc2)NC(=O)N(NC(=O)COc2ccc(C#N)cc2OC)C1=O. The van der Waals surface area contributed by atoms with Crippen molar-refractivity contribution < 1.29 is 23.9 Å². The van der Waals surface area contributed by atoms with E-state index in [1.807, 2.05) is 12.1 Å². The fourth-order valence-electron chi connectivity index (χ4n) is 3.20. The van der Waals surface area contributed by atoms with Crippen molar-refractivity contribution in [2.24, 2.45) is 0 Å². The Labute approximate surface area is 173 Å². The summed E-state index contributed by atoms with van der Waals surface area (Å²) in [4.78, 5) is 37.7. The summed E-state index contributed by atoms with van der Waals surface area (Å²) >= 11 is 0. The van der Waals surface area contributed by atoms with Crippen LogP contribution in [-0.4, -0.2) is 36.6 Å². The van der Waals surface area contributed by atoms with Crippen LogP contribution in [0.15, 0.2) is 48.5 Å².